The van der Waals surface area contributed by atoms with Gasteiger partial charge in [0.15, 0.2) is 0 Å². The van der Waals surface area contributed by atoms with Crippen LogP contribution in [0, 0.1) is 22.7 Å². The first kappa shape index (κ1) is 23.1. The molecule has 0 bridgehead atoms. The molecular weight excluding hydrogens is 344 g/mol. The van der Waals surface area contributed by atoms with Crippen LogP contribution in [0.5, 0.6) is 0 Å². The highest BCUT2D eigenvalue weighted by Crippen LogP contribution is 2.42. The van der Waals surface area contributed by atoms with Crippen molar-refractivity contribution in [3.05, 3.63) is 0 Å². The van der Waals surface area contributed by atoms with Crippen molar-refractivity contribution < 1.29 is 23.7 Å². The SMILES string of the molecule is CCC1(C(COCC(C)C)OC(COCC(C)C)C2(CC)COC2)COC1. The Kier molecular flexibility index (Phi) is 9.01. The Balaban J connectivity index is 2.07. The lowest BCUT2D eigenvalue weighted by Crippen LogP contribution is -2.60. The van der Waals surface area contributed by atoms with Crippen LogP contribution in [0.2, 0.25) is 0 Å². The van der Waals surface area contributed by atoms with Gasteiger partial charge in [0.05, 0.1) is 51.8 Å². The molecule has 2 fully saturated rings. The van der Waals surface area contributed by atoms with Crippen molar-refractivity contribution in [1.82, 2.24) is 0 Å². The van der Waals surface area contributed by atoms with Gasteiger partial charge >= 0.3 is 0 Å². The number of hydrogen-bond donors (Lipinski definition) is 0. The molecule has 0 aromatic rings. The van der Waals surface area contributed by atoms with E-state index in [2.05, 4.69) is 41.5 Å². The average Bonchev–Trinajstić information content (AvgIpc) is 2.52. The third kappa shape index (κ3) is 5.89. The first-order valence-corrected chi connectivity index (χ1v) is 10.8. The van der Waals surface area contributed by atoms with E-state index in [-0.39, 0.29) is 23.0 Å². The van der Waals surface area contributed by atoms with Gasteiger partial charge in [-0.3, -0.25) is 0 Å². The number of rotatable bonds is 14. The summed E-state index contributed by atoms with van der Waals surface area (Å²) in [5.74, 6) is 1.04. The van der Waals surface area contributed by atoms with Crippen LogP contribution in [0.4, 0.5) is 0 Å². The predicted molar refractivity (Wildman–Crippen MR) is 107 cm³/mol. The summed E-state index contributed by atoms with van der Waals surface area (Å²) in [7, 11) is 0. The van der Waals surface area contributed by atoms with E-state index in [9.17, 15) is 0 Å². The Bertz CT molecular complexity index is 366. The maximum absolute atomic E-state index is 6.80. The van der Waals surface area contributed by atoms with Crippen molar-refractivity contribution >= 4 is 0 Å². The van der Waals surface area contributed by atoms with Gasteiger partial charge in [0.2, 0.25) is 0 Å². The van der Waals surface area contributed by atoms with E-state index in [1.165, 1.54) is 0 Å². The zero-order chi connectivity index (χ0) is 19.9. The summed E-state index contributed by atoms with van der Waals surface area (Å²) in [6.07, 6.45) is 2.15. The lowest BCUT2D eigenvalue weighted by Gasteiger charge is -2.51. The van der Waals surface area contributed by atoms with Crippen LogP contribution in [-0.2, 0) is 23.7 Å². The summed E-state index contributed by atoms with van der Waals surface area (Å²) in [5, 5.41) is 0. The highest BCUT2D eigenvalue weighted by molar-refractivity contribution is 4.97. The molecule has 0 amide bonds. The molecule has 0 aromatic carbocycles. The van der Waals surface area contributed by atoms with Gasteiger partial charge in [-0.1, -0.05) is 41.5 Å². The van der Waals surface area contributed by atoms with Gasteiger partial charge in [-0.2, -0.15) is 0 Å². The maximum Gasteiger partial charge on any atom is 0.0913 e. The fourth-order valence-electron chi connectivity index (χ4n) is 3.70. The normalized spacial score (nSPS) is 23.1. The van der Waals surface area contributed by atoms with Gasteiger partial charge in [0, 0.05) is 24.0 Å². The van der Waals surface area contributed by atoms with Crippen molar-refractivity contribution in [2.24, 2.45) is 22.7 Å². The zero-order valence-electron chi connectivity index (χ0n) is 18.4. The molecule has 0 aliphatic carbocycles. The first-order valence-electron chi connectivity index (χ1n) is 10.8. The Morgan fingerprint density at radius 2 is 1.04 bits per heavy atom. The van der Waals surface area contributed by atoms with Crippen molar-refractivity contribution in [2.75, 3.05) is 52.9 Å². The molecule has 0 saturated carbocycles. The summed E-state index contributed by atoms with van der Waals surface area (Å²) in [4.78, 5) is 0. The predicted octanol–water partition coefficient (Wildman–Crippen LogP) is 3.94. The van der Waals surface area contributed by atoms with E-state index >= 15 is 0 Å². The molecule has 0 radical (unpaired) electrons. The van der Waals surface area contributed by atoms with E-state index < -0.39 is 0 Å². The minimum Gasteiger partial charge on any atom is -0.380 e. The molecule has 2 atom stereocenters. The summed E-state index contributed by atoms with van der Waals surface area (Å²) in [6, 6.07) is 0. The molecule has 2 unspecified atom stereocenters. The van der Waals surface area contributed by atoms with Crippen molar-refractivity contribution in [2.45, 2.75) is 66.6 Å². The van der Waals surface area contributed by atoms with E-state index in [1.54, 1.807) is 0 Å². The van der Waals surface area contributed by atoms with E-state index in [0.29, 0.717) is 25.0 Å². The third-order valence-corrected chi connectivity index (χ3v) is 6.10. The number of ether oxygens (including phenoxy) is 5. The molecule has 2 aliphatic rings. The first-order chi connectivity index (χ1) is 12.9. The van der Waals surface area contributed by atoms with E-state index in [0.717, 1.165) is 52.5 Å². The highest BCUT2D eigenvalue weighted by atomic mass is 16.6. The monoisotopic (exact) mass is 386 g/mol. The summed E-state index contributed by atoms with van der Waals surface area (Å²) in [5.41, 5.74) is 0.125. The maximum atomic E-state index is 6.80. The lowest BCUT2D eigenvalue weighted by molar-refractivity contribution is -0.266. The van der Waals surface area contributed by atoms with Gasteiger partial charge in [0.1, 0.15) is 0 Å². The standard InChI is InChI=1S/C22H42O5/c1-7-21(13-25-14-21)19(11-23-9-17(3)4)27-20(12-24-10-18(5)6)22(8-2)15-26-16-22/h17-20H,7-16H2,1-6H3. The summed E-state index contributed by atoms with van der Waals surface area (Å²) >= 11 is 0. The molecule has 27 heavy (non-hydrogen) atoms. The second kappa shape index (κ2) is 10.5. The molecule has 0 aromatic heterocycles. The fourth-order valence-corrected chi connectivity index (χ4v) is 3.70. The summed E-state index contributed by atoms with van der Waals surface area (Å²) < 4.78 is 30.0. The quantitative estimate of drug-likeness (QED) is 0.452. The Labute approximate surface area is 166 Å². The molecular formula is C22H42O5. The lowest BCUT2D eigenvalue weighted by atomic mass is 9.75. The van der Waals surface area contributed by atoms with Crippen molar-refractivity contribution in [1.29, 1.82) is 0 Å². The van der Waals surface area contributed by atoms with Crippen LogP contribution in [-0.4, -0.2) is 65.1 Å². The Morgan fingerprint density at radius 1 is 0.667 bits per heavy atom. The number of hydrogen-bond acceptors (Lipinski definition) is 5. The second-order valence-corrected chi connectivity index (χ2v) is 9.39. The van der Waals surface area contributed by atoms with E-state index in [1.807, 2.05) is 0 Å². The van der Waals surface area contributed by atoms with E-state index in [4.69, 9.17) is 23.7 Å². The van der Waals surface area contributed by atoms with Crippen molar-refractivity contribution in [3.8, 4) is 0 Å². The van der Waals surface area contributed by atoms with Crippen LogP contribution in [0.1, 0.15) is 54.4 Å². The molecule has 2 rings (SSSR count). The Morgan fingerprint density at radius 3 is 1.26 bits per heavy atom. The van der Waals surface area contributed by atoms with Crippen LogP contribution in [0.3, 0.4) is 0 Å². The molecule has 2 heterocycles. The smallest absolute Gasteiger partial charge is 0.0913 e. The fraction of sp³-hybridized carbons (Fsp3) is 1.00. The van der Waals surface area contributed by atoms with Crippen LogP contribution in [0.15, 0.2) is 0 Å². The molecule has 160 valence electrons. The van der Waals surface area contributed by atoms with Crippen LogP contribution < -0.4 is 0 Å². The molecule has 2 aliphatic heterocycles. The van der Waals surface area contributed by atoms with Gasteiger partial charge in [0.25, 0.3) is 0 Å². The third-order valence-electron chi connectivity index (χ3n) is 6.10. The van der Waals surface area contributed by atoms with Gasteiger partial charge in [-0.25, -0.2) is 0 Å². The van der Waals surface area contributed by atoms with Gasteiger partial charge < -0.3 is 23.7 Å². The topological polar surface area (TPSA) is 46.2 Å². The molecule has 2 saturated heterocycles. The minimum absolute atomic E-state index is 0.0340. The second-order valence-electron chi connectivity index (χ2n) is 9.39. The van der Waals surface area contributed by atoms with Gasteiger partial charge in [-0.05, 0) is 24.7 Å². The zero-order valence-corrected chi connectivity index (χ0v) is 18.4. The largest absolute Gasteiger partial charge is 0.380 e. The molecule has 5 heteroatoms. The summed E-state index contributed by atoms with van der Waals surface area (Å²) in [6.45, 7) is 19.0. The molecule has 0 spiro atoms. The van der Waals surface area contributed by atoms with Crippen molar-refractivity contribution in [3.63, 3.8) is 0 Å². The van der Waals surface area contributed by atoms with Crippen LogP contribution >= 0.6 is 0 Å². The van der Waals surface area contributed by atoms with Gasteiger partial charge in [-0.15, -0.1) is 0 Å². The molecule has 5 nitrogen and oxygen atoms in total. The highest BCUT2D eigenvalue weighted by Gasteiger charge is 2.51. The average molecular weight is 387 g/mol. The van der Waals surface area contributed by atoms with Crippen LogP contribution in [0.25, 0.3) is 0 Å². The molecule has 0 N–H and O–H groups in total. The Hall–Kier alpha value is -0.200. The minimum atomic E-state index is 0.0340.